The van der Waals surface area contributed by atoms with Gasteiger partial charge >= 0.3 is 0 Å². The lowest BCUT2D eigenvalue weighted by Gasteiger charge is -2.31. The van der Waals surface area contributed by atoms with E-state index in [1.807, 2.05) is 24.1 Å². The number of rotatable bonds is 6. The topological polar surface area (TPSA) is 39.1 Å². The molecule has 0 aliphatic rings. The fourth-order valence-electron chi connectivity index (χ4n) is 2.12. The largest absolute Gasteiger partial charge is 0.377 e. The van der Waals surface area contributed by atoms with Crippen molar-refractivity contribution in [3.8, 4) is 11.1 Å². The lowest BCUT2D eigenvalue weighted by atomic mass is 10.00. The first-order valence-corrected chi connectivity index (χ1v) is 7.29. The van der Waals surface area contributed by atoms with Gasteiger partial charge in [0.25, 0.3) is 0 Å². The molecule has 1 heterocycles. The Hall–Kier alpha value is -1.65. The Balaban J connectivity index is 2.05. The number of hydrogen-bond donors (Lipinski definition) is 1. The van der Waals surface area contributed by atoms with Crippen molar-refractivity contribution in [1.82, 2.24) is 15.1 Å². The molecule has 4 heteroatoms. The molecule has 0 amide bonds. The summed E-state index contributed by atoms with van der Waals surface area (Å²) in [7, 11) is 3.69. The van der Waals surface area contributed by atoms with Gasteiger partial charge in [-0.2, -0.15) is 5.10 Å². The standard InChI is InChI=1S/C17H25N3O/c1-13(17(2,3)21-5)18-10-14-7-6-8-15(9-14)16-11-19-20(4)12-16/h6-9,11-13,18H,10H2,1-5H3. The van der Waals surface area contributed by atoms with Crippen molar-refractivity contribution in [2.75, 3.05) is 7.11 Å². The SMILES string of the molecule is COC(C)(C)C(C)NCc1cccc(-c2cnn(C)c2)c1. The number of methoxy groups -OCH3 is 1. The van der Waals surface area contributed by atoms with Crippen LogP contribution in [0.2, 0.25) is 0 Å². The lowest BCUT2D eigenvalue weighted by Crippen LogP contribution is -2.45. The summed E-state index contributed by atoms with van der Waals surface area (Å²) in [5.74, 6) is 0. The zero-order chi connectivity index (χ0) is 15.5. The van der Waals surface area contributed by atoms with E-state index in [9.17, 15) is 0 Å². The second-order valence-electron chi connectivity index (χ2n) is 6.01. The van der Waals surface area contributed by atoms with Gasteiger partial charge in [0.05, 0.1) is 11.8 Å². The van der Waals surface area contributed by atoms with Crippen molar-refractivity contribution < 1.29 is 4.74 Å². The van der Waals surface area contributed by atoms with Gasteiger partial charge < -0.3 is 10.1 Å². The van der Waals surface area contributed by atoms with Gasteiger partial charge in [0.2, 0.25) is 0 Å². The third-order valence-electron chi connectivity index (χ3n) is 4.15. The minimum Gasteiger partial charge on any atom is -0.377 e. The Morgan fingerprint density at radius 2 is 2.10 bits per heavy atom. The minimum absolute atomic E-state index is 0.180. The molecule has 114 valence electrons. The van der Waals surface area contributed by atoms with E-state index in [0.717, 1.165) is 12.1 Å². The number of hydrogen-bond acceptors (Lipinski definition) is 3. The van der Waals surface area contributed by atoms with Crippen molar-refractivity contribution in [3.05, 3.63) is 42.2 Å². The monoisotopic (exact) mass is 287 g/mol. The molecule has 1 atom stereocenters. The lowest BCUT2D eigenvalue weighted by molar-refractivity contribution is -0.00544. The summed E-state index contributed by atoms with van der Waals surface area (Å²) in [4.78, 5) is 0. The van der Waals surface area contributed by atoms with Crippen molar-refractivity contribution >= 4 is 0 Å². The summed E-state index contributed by atoms with van der Waals surface area (Å²) in [6.07, 6.45) is 3.92. The molecular weight excluding hydrogens is 262 g/mol. The van der Waals surface area contributed by atoms with Crippen LogP contribution >= 0.6 is 0 Å². The number of aryl methyl sites for hydroxylation is 1. The molecule has 1 N–H and O–H groups in total. The minimum atomic E-state index is -0.180. The summed E-state index contributed by atoms with van der Waals surface area (Å²) in [5.41, 5.74) is 3.42. The fourth-order valence-corrected chi connectivity index (χ4v) is 2.12. The molecule has 0 fully saturated rings. The fraction of sp³-hybridized carbons (Fsp3) is 0.471. The smallest absolute Gasteiger partial charge is 0.0772 e. The highest BCUT2D eigenvalue weighted by Crippen LogP contribution is 2.20. The highest BCUT2D eigenvalue weighted by atomic mass is 16.5. The first kappa shape index (κ1) is 15.7. The maximum absolute atomic E-state index is 5.51. The van der Waals surface area contributed by atoms with Gasteiger partial charge in [-0.15, -0.1) is 0 Å². The van der Waals surface area contributed by atoms with Crippen molar-refractivity contribution in [3.63, 3.8) is 0 Å². The zero-order valence-electron chi connectivity index (χ0n) is 13.6. The van der Waals surface area contributed by atoms with Crippen LogP contribution in [0.1, 0.15) is 26.3 Å². The Bertz CT molecular complexity index is 589. The van der Waals surface area contributed by atoms with Crippen molar-refractivity contribution in [1.29, 1.82) is 0 Å². The molecule has 21 heavy (non-hydrogen) atoms. The highest BCUT2D eigenvalue weighted by Gasteiger charge is 2.24. The second-order valence-corrected chi connectivity index (χ2v) is 6.01. The van der Waals surface area contributed by atoms with E-state index >= 15 is 0 Å². The average molecular weight is 287 g/mol. The van der Waals surface area contributed by atoms with Crippen LogP contribution in [0.15, 0.2) is 36.7 Å². The van der Waals surface area contributed by atoms with Gasteiger partial charge in [-0.1, -0.05) is 18.2 Å². The maximum Gasteiger partial charge on any atom is 0.0772 e. The van der Waals surface area contributed by atoms with Gasteiger partial charge in [-0.3, -0.25) is 4.68 Å². The molecule has 0 radical (unpaired) electrons. The van der Waals surface area contributed by atoms with E-state index in [1.165, 1.54) is 11.1 Å². The van der Waals surface area contributed by atoms with Gasteiger partial charge in [0, 0.05) is 38.5 Å². The molecule has 1 aromatic heterocycles. The van der Waals surface area contributed by atoms with Crippen LogP contribution in [-0.2, 0) is 18.3 Å². The molecule has 2 rings (SSSR count). The number of ether oxygens (including phenoxy) is 1. The highest BCUT2D eigenvalue weighted by molar-refractivity contribution is 5.62. The van der Waals surface area contributed by atoms with Crippen LogP contribution in [0.4, 0.5) is 0 Å². The van der Waals surface area contributed by atoms with E-state index in [0.29, 0.717) is 0 Å². The summed E-state index contributed by atoms with van der Waals surface area (Å²) < 4.78 is 7.33. The normalized spacial score (nSPS) is 13.4. The average Bonchev–Trinajstić information content (AvgIpc) is 2.91. The molecule has 0 aliphatic carbocycles. The Morgan fingerprint density at radius 1 is 1.33 bits per heavy atom. The predicted octanol–water partition coefficient (Wildman–Crippen LogP) is 2.99. The van der Waals surface area contributed by atoms with E-state index in [2.05, 4.69) is 55.5 Å². The van der Waals surface area contributed by atoms with Gasteiger partial charge in [0.1, 0.15) is 0 Å². The van der Waals surface area contributed by atoms with Crippen LogP contribution in [0, 0.1) is 0 Å². The number of aromatic nitrogens is 2. The predicted molar refractivity (Wildman–Crippen MR) is 86.0 cm³/mol. The van der Waals surface area contributed by atoms with Gasteiger partial charge in [-0.25, -0.2) is 0 Å². The maximum atomic E-state index is 5.51. The Labute approximate surface area is 127 Å². The Kier molecular flexibility index (Phi) is 4.80. The van der Waals surface area contributed by atoms with Crippen molar-refractivity contribution in [2.24, 2.45) is 7.05 Å². The number of nitrogens with one attached hydrogen (secondary N) is 1. The van der Waals surface area contributed by atoms with E-state index in [4.69, 9.17) is 4.74 Å². The third kappa shape index (κ3) is 3.93. The number of benzene rings is 1. The molecule has 4 nitrogen and oxygen atoms in total. The first-order valence-electron chi connectivity index (χ1n) is 7.29. The molecular formula is C17H25N3O. The summed E-state index contributed by atoms with van der Waals surface area (Å²) in [6, 6.07) is 8.81. The van der Waals surface area contributed by atoms with Crippen LogP contribution in [0.3, 0.4) is 0 Å². The number of nitrogens with zero attached hydrogens (tertiary/aromatic N) is 2. The summed E-state index contributed by atoms with van der Waals surface area (Å²) in [5, 5.41) is 7.75. The van der Waals surface area contributed by atoms with Crippen LogP contribution in [0.25, 0.3) is 11.1 Å². The molecule has 1 aromatic carbocycles. The third-order valence-corrected chi connectivity index (χ3v) is 4.15. The van der Waals surface area contributed by atoms with Gasteiger partial charge in [0.15, 0.2) is 0 Å². The quantitative estimate of drug-likeness (QED) is 0.887. The van der Waals surface area contributed by atoms with Crippen LogP contribution in [0.5, 0.6) is 0 Å². The van der Waals surface area contributed by atoms with Gasteiger partial charge in [-0.05, 0) is 38.0 Å². The summed E-state index contributed by atoms with van der Waals surface area (Å²) >= 11 is 0. The molecule has 0 bridgehead atoms. The molecule has 0 saturated carbocycles. The van der Waals surface area contributed by atoms with Crippen LogP contribution < -0.4 is 5.32 Å². The van der Waals surface area contributed by atoms with Crippen molar-refractivity contribution in [2.45, 2.75) is 39.0 Å². The van der Waals surface area contributed by atoms with Crippen LogP contribution in [-0.4, -0.2) is 28.5 Å². The molecule has 2 aromatic rings. The van der Waals surface area contributed by atoms with E-state index in [1.54, 1.807) is 7.11 Å². The molecule has 0 saturated heterocycles. The first-order chi connectivity index (χ1) is 9.92. The summed E-state index contributed by atoms with van der Waals surface area (Å²) in [6.45, 7) is 7.16. The zero-order valence-corrected chi connectivity index (χ0v) is 13.6. The molecule has 0 aliphatic heterocycles. The molecule has 1 unspecified atom stereocenters. The second kappa shape index (κ2) is 6.41. The Morgan fingerprint density at radius 3 is 2.71 bits per heavy atom. The molecule has 0 spiro atoms. The van der Waals surface area contributed by atoms with E-state index in [-0.39, 0.29) is 11.6 Å². The van der Waals surface area contributed by atoms with E-state index < -0.39 is 0 Å².